The Labute approximate surface area is 130 Å². The first kappa shape index (κ1) is 16.3. The first-order chi connectivity index (χ1) is 10.4. The van der Waals surface area contributed by atoms with E-state index in [1.165, 1.54) is 0 Å². The molecule has 5 nitrogen and oxygen atoms in total. The van der Waals surface area contributed by atoms with Crippen LogP contribution in [0.15, 0.2) is 24.3 Å². The van der Waals surface area contributed by atoms with E-state index < -0.39 is 5.97 Å². The molecule has 1 aliphatic carbocycles. The topological polar surface area (TPSA) is 75.6 Å². The quantitative estimate of drug-likeness (QED) is 0.724. The van der Waals surface area contributed by atoms with E-state index in [4.69, 9.17) is 9.84 Å². The summed E-state index contributed by atoms with van der Waals surface area (Å²) in [6.07, 6.45) is 1.56. The van der Waals surface area contributed by atoms with Crippen LogP contribution >= 0.6 is 0 Å². The Bertz CT molecular complexity index is 536. The minimum Gasteiger partial charge on any atom is -0.494 e. The van der Waals surface area contributed by atoms with Crippen LogP contribution in [0.5, 0.6) is 5.75 Å². The van der Waals surface area contributed by atoms with Gasteiger partial charge >= 0.3 is 5.97 Å². The number of carbonyl (C=O) groups is 2. The Kier molecular flexibility index (Phi) is 5.06. The second-order valence-corrected chi connectivity index (χ2v) is 6.45. The zero-order valence-electron chi connectivity index (χ0n) is 13.1. The average molecular weight is 305 g/mol. The third-order valence-corrected chi connectivity index (χ3v) is 4.02. The van der Waals surface area contributed by atoms with Gasteiger partial charge in [-0.15, -0.1) is 0 Å². The molecule has 5 heteroatoms. The van der Waals surface area contributed by atoms with Crippen molar-refractivity contribution >= 4 is 11.9 Å². The Hall–Kier alpha value is -2.04. The van der Waals surface area contributed by atoms with Gasteiger partial charge in [-0.25, -0.2) is 0 Å². The molecule has 0 radical (unpaired) electrons. The predicted octanol–water partition coefficient (Wildman–Crippen LogP) is 2.59. The maximum absolute atomic E-state index is 11.9. The van der Waals surface area contributed by atoms with Gasteiger partial charge < -0.3 is 15.2 Å². The second kappa shape index (κ2) is 6.81. The lowest BCUT2D eigenvalue weighted by atomic mass is 10.1. The number of carboxylic acids is 1. The standard InChI is InChI=1S/C17H23NO4/c1-17(2)10-14(17)16(21)18-11-12-5-7-13(8-6-12)22-9-3-4-15(19)20/h5-8,14H,3-4,9-11H2,1-2H3,(H,18,21)(H,19,20)/t14-/m1/s1. The molecule has 0 bridgehead atoms. The molecule has 1 fully saturated rings. The number of aliphatic carboxylic acids is 1. The average Bonchev–Trinajstić information content (AvgIpc) is 3.11. The highest BCUT2D eigenvalue weighted by Crippen LogP contribution is 2.51. The molecule has 120 valence electrons. The number of hydrogen-bond acceptors (Lipinski definition) is 3. The van der Waals surface area contributed by atoms with Crippen molar-refractivity contribution in [2.45, 2.75) is 39.7 Å². The van der Waals surface area contributed by atoms with Gasteiger partial charge in [0, 0.05) is 18.9 Å². The van der Waals surface area contributed by atoms with Gasteiger partial charge in [0.1, 0.15) is 5.75 Å². The van der Waals surface area contributed by atoms with E-state index in [2.05, 4.69) is 19.2 Å². The van der Waals surface area contributed by atoms with E-state index in [1.807, 2.05) is 24.3 Å². The van der Waals surface area contributed by atoms with Crippen LogP contribution in [0.2, 0.25) is 0 Å². The number of benzene rings is 1. The predicted molar refractivity (Wildman–Crippen MR) is 82.5 cm³/mol. The molecule has 0 heterocycles. The Balaban J connectivity index is 1.70. The first-order valence-corrected chi connectivity index (χ1v) is 7.60. The summed E-state index contributed by atoms with van der Waals surface area (Å²) in [5.41, 5.74) is 1.17. The van der Waals surface area contributed by atoms with Gasteiger partial charge in [0.15, 0.2) is 0 Å². The molecular weight excluding hydrogens is 282 g/mol. The Morgan fingerprint density at radius 1 is 1.32 bits per heavy atom. The van der Waals surface area contributed by atoms with Crippen molar-refractivity contribution in [3.05, 3.63) is 29.8 Å². The van der Waals surface area contributed by atoms with Crippen LogP contribution in [-0.2, 0) is 16.1 Å². The van der Waals surface area contributed by atoms with Gasteiger partial charge in [-0.05, 0) is 36.0 Å². The second-order valence-electron chi connectivity index (χ2n) is 6.45. The number of ether oxygens (including phenoxy) is 1. The highest BCUT2D eigenvalue weighted by Gasteiger charge is 2.50. The Morgan fingerprint density at radius 2 is 1.95 bits per heavy atom. The van der Waals surface area contributed by atoms with Crippen molar-refractivity contribution in [2.75, 3.05) is 6.61 Å². The summed E-state index contributed by atoms with van der Waals surface area (Å²) in [6.45, 7) is 5.12. The summed E-state index contributed by atoms with van der Waals surface area (Å²) in [6, 6.07) is 7.49. The number of amides is 1. The third kappa shape index (κ3) is 4.76. The van der Waals surface area contributed by atoms with Crippen LogP contribution in [0.4, 0.5) is 0 Å². The minimum atomic E-state index is -0.812. The van der Waals surface area contributed by atoms with E-state index in [1.54, 1.807) is 0 Å². The summed E-state index contributed by atoms with van der Waals surface area (Å²) in [5, 5.41) is 11.5. The molecule has 0 saturated heterocycles. The molecule has 2 rings (SSSR count). The van der Waals surface area contributed by atoms with E-state index >= 15 is 0 Å². The molecule has 1 saturated carbocycles. The van der Waals surface area contributed by atoms with E-state index in [-0.39, 0.29) is 23.7 Å². The van der Waals surface area contributed by atoms with E-state index in [0.717, 1.165) is 12.0 Å². The molecule has 0 aliphatic heterocycles. The smallest absolute Gasteiger partial charge is 0.303 e. The number of nitrogens with one attached hydrogen (secondary N) is 1. The number of carbonyl (C=O) groups excluding carboxylic acids is 1. The molecule has 1 aliphatic rings. The minimum absolute atomic E-state index is 0.113. The fourth-order valence-corrected chi connectivity index (χ4v) is 2.34. The van der Waals surface area contributed by atoms with Crippen molar-refractivity contribution < 1.29 is 19.4 Å². The van der Waals surface area contributed by atoms with Gasteiger partial charge in [0.25, 0.3) is 0 Å². The molecule has 1 atom stereocenters. The number of hydrogen-bond donors (Lipinski definition) is 2. The maximum atomic E-state index is 11.9. The van der Waals surface area contributed by atoms with E-state index in [0.29, 0.717) is 25.3 Å². The van der Waals surface area contributed by atoms with Crippen LogP contribution in [0.25, 0.3) is 0 Å². The zero-order valence-corrected chi connectivity index (χ0v) is 13.1. The molecular formula is C17H23NO4. The molecule has 22 heavy (non-hydrogen) atoms. The highest BCUT2D eigenvalue weighted by atomic mass is 16.5. The summed E-state index contributed by atoms with van der Waals surface area (Å²) < 4.78 is 5.46. The fourth-order valence-electron chi connectivity index (χ4n) is 2.34. The fraction of sp³-hybridized carbons (Fsp3) is 0.529. The largest absolute Gasteiger partial charge is 0.494 e. The molecule has 1 aromatic rings. The first-order valence-electron chi connectivity index (χ1n) is 7.60. The number of rotatable bonds is 8. The van der Waals surface area contributed by atoms with Crippen molar-refractivity contribution in [3.63, 3.8) is 0 Å². The summed E-state index contributed by atoms with van der Waals surface area (Å²) >= 11 is 0. The van der Waals surface area contributed by atoms with Crippen LogP contribution in [0.1, 0.15) is 38.7 Å². The maximum Gasteiger partial charge on any atom is 0.303 e. The zero-order chi connectivity index (χ0) is 16.2. The summed E-state index contributed by atoms with van der Waals surface area (Å²) in [5.74, 6) is 0.167. The lowest BCUT2D eigenvalue weighted by Gasteiger charge is -2.08. The van der Waals surface area contributed by atoms with Crippen LogP contribution in [0, 0.1) is 11.3 Å². The van der Waals surface area contributed by atoms with Crippen LogP contribution < -0.4 is 10.1 Å². The SMILES string of the molecule is CC1(C)C[C@@H]1C(=O)NCc1ccc(OCCCC(=O)O)cc1. The Morgan fingerprint density at radius 3 is 2.50 bits per heavy atom. The van der Waals surface area contributed by atoms with Crippen molar-refractivity contribution in [1.82, 2.24) is 5.32 Å². The van der Waals surface area contributed by atoms with Gasteiger partial charge in [-0.3, -0.25) is 9.59 Å². The van der Waals surface area contributed by atoms with Gasteiger partial charge in [0.2, 0.25) is 5.91 Å². The monoisotopic (exact) mass is 305 g/mol. The van der Waals surface area contributed by atoms with Crippen LogP contribution in [-0.4, -0.2) is 23.6 Å². The van der Waals surface area contributed by atoms with Crippen molar-refractivity contribution in [1.29, 1.82) is 0 Å². The number of carboxylic acid groups (broad SMARTS) is 1. The lowest BCUT2D eigenvalue weighted by molar-refractivity contribution is -0.137. The molecule has 1 aromatic carbocycles. The van der Waals surface area contributed by atoms with Gasteiger partial charge in [-0.1, -0.05) is 26.0 Å². The van der Waals surface area contributed by atoms with Crippen molar-refractivity contribution in [2.24, 2.45) is 11.3 Å². The van der Waals surface area contributed by atoms with Crippen molar-refractivity contribution in [3.8, 4) is 5.75 Å². The highest BCUT2D eigenvalue weighted by molar-refractivity contribution is 5.82. The molecule has 2 N–H and O–H groups in total. The lowest BCUT2D eigenvalue weighted by Crippen LogP contribution is -2.25. The molecule has 1 amide bonds. The van der Waals surface area contributed by atoms with E-state index in [9.17, 15) is 9.59 Å². The normalized spacial score (nSPS) is 18.5. The summed E-state index contributed by atoms with van der Waals surface area (Å²) in [7, 11) is 0. The van der Waals surface area contributed by atoms with Gasteiger partial charge in [-0.2, -0.15) is 0 Å². The molecule has 0 aromatic heterocycles. The van der Waals surface area contributed by atoms with Crippen LogP contribution in [0.3, 0.4) is 0 Å². The molecule has 0 spiro atoms. The molecule has 0 unspecified atom stereocenters. The third-order valence-electron chi connectivity index (χ3n) is 4.02. The summed E-state index contributed by atoms with van der Waals surface area (Å²) in [4.78, 5) is 22.3. The van der Waals surface area contributed by atoms with Gasteiger partial charge in [0.05, 0.1) is 6.61 Å².